The first-order chi connectivity index (χ1) is 9.11. The molecule has 1 atom stereocenters. The van der Waals surface area contributed by atoms with Crippen molar-refractivity contribution < 1.29 is 9.90 Å². The summed E-state index contributed by atoms with van der Waals surface area (Å²) in [4.78, 5) is 16.3. The average molecular weight is 277 g/mol. The number of benzene rings is 1. The number of hydrogen-bond donors (Lipinski definition) is 3. The van der Waals surface area contributed by atoms with Gasteiger partial charge in [0.05, 0.1) is 11.7 Å². The lowest BCUT2D eigenvalue weighted by Crippen LogP contribution is -2.28. The highest BCUT2D eigenvalue weighted by molar-refractivity contribution is 7.09. The third-order valence-corrected chi connectivity index (χ3v) is 3.64. The van der Waals surface area contributed by atoms with Gasteiger partial charge in [-0.15, -0.1) is 11.3 Å². The topological polar surface area (TPSA) is 88.2 Å². The van der Waals surface area contributed by atoms with Crippen LogP contribution in [-0.4, -0.2) is 16.0 Å². The largest absolute Gasteiger partial charge is 0.506 e. The van der Waals surface area contributed by atoms with Crippen LogP contribution in [0.1, 0.15) is 34.8 Å². The molecule has 2 rings (SSSR count). The zero-order valence-corrected chi connectivity index (χ0v) is 11.3. The molecular formula is C13H15N3O2S. The van der Waals surface area contributed by atoms with E-state index in [1.54, 1.807) is 12.3 Å². The number of phenols is 1. The number of nitrogens with two attached hydrogens (primary N) is 1. The Morgan fingerprint density at radius 1 is 1.58 bits per heavy atom. The lowest BCUT2D eigenvalue weighted by molar-refractivity contribution is 0.0935. The van der Waals surface area contributed by atoms with Crippen LogP contribution >= 0.6 is 11.3 Å². The van der Waals surface area contributed by atoms with E-state index in [0.717, 1.165) is 11.4 Å². The summed E-state index contributed by atoms with van der Waals surface area (Å²) in [5.74, 6) is -0.340. The van der Waals surface area contributed by atoms with Crippen molar-refractivity contribution in [3.63, 3.8) is 0 Å². The molecule has 0 saturated heterocycles. The fourth-order valence-electron chi connectivity index (χ4n) is 1.67. The Kier molecular flexibility index (Phi) is 4.01. The minimum Gasteiger partial charge on any atom is -0.506 e. The van der Waals surface area contributed by atoms with Gasteiger partial charge in [-0.1, -0.05) is 6.92 Å². The molecule has 5 nitrogen and oxygen atoms in total. The van der Waals surface area contributed by atoms with Gasteiger partial charge >= 0.3 is 0 Å². The summed E-state index contributed by atoms with van der Waals surface area (Å²) in [6.45, 7) is 1.98. The highest BCUT2D eigenvalue weighted by Crippen LogP contribution is 2.22. The molecule has 0 aliphatic rings. The SMILES string of the molecule is CCC(NC(=O)c1ccc(N)c(O)c1)c1nccs1. The Balaban J connectivity index is 2.13. The molecule has 0 bridgehead atoms. The highest BCUT2D eigenvalue weighted by Gasteiger charge is 2.16. The number of nitrogen functional groups attached to an aromatic ring is 1. The van der Waals surface area contributed by atoms with Gasteiger partial charge in [0.15, 0.2) is 0 Å². The number of nitrogens with one attached hydrogen (secondary N) is 1. The van der Waals surface area contributed by atoms with E-state index in [2.05, 4.69) is 10.3 Å². The second kappa shape index (κ2) is 5.71. The first-order valence-electron chi connectivity index (χ1n) is 5.90. The van der Waals surface area contributed by atoms with Crippen LogP contribution in [0.25, 0.3) is 0 Å². The molecule has 4 N–H and O–H groups in total. The molecule has 100 valence electrons. The maximum absolute atomic E-state index is 12.1. The summed E-state index contributed by atoms with van der Waals surface area (Å²) in [5, 5.41) is 15.1. The summed E-state index contributed by atoms with van der Waals surface area (Å²) in [7, 11) is 0. The van der Waals surface area contributed by atoms with E-state index >= 15 is 0 Å². The minimum atomic E-state index is -0.252. The van der Waals surface area contributed by atoms with Crippen LogP contribution in [0.15, 0.2) is 29.8 Å². The van der Waals surface area contributed by atoms with E-state index in [-0.39, 0.29) is 23.4 Å². The first kappa shape index (κ1) is 13.4. The van der Waals surface area contributed by atoms with E-state index in [0.29, 0.717) is 5.56 Å². The standard InChI is InChI=1S/C13H15N3O2S/c1-2-10(13-15-5-6-19-13)16-12(18)8-3-4-9(14)11(17)7-8/h3-7,10,17H,2,14H2,1H3,(H,16,18). The van der Waals surface area contributed by atoms with E-state index in [9.17, 15) is 9.90 Å². The number of aromatic nitrogens is 1. The van der Waals surface area contributed by atoms with Crippen molar-refractivity contribution in [1.82, 2.24) is 10.3 Å². The molecule has 6 heteroatoms. The number of carbonyl (C=O) groups is 1. The lowest BCUT2D eigenvalue weighted by atomic mass is 10.1. The van der Waals surface area contributed by atoms with Crippen molar-refractivity contribution in [1.29, 1.82) is 0 Å². The van der Waals surface area contributed by atoms with Gasteiger partial charge in [0, 0.05) is 17.1 Å². The van der Waals surface area contributed by atoms with Crippen molar-refractivity contribution in [3.05, 3.63) is 40.3 Å². The third-order valence-electron chi connectivity index (χ3n) is 2.76. The van der Waals surface area contributed by atoms with Crippen molar-refractivity contribution in [2.75, 3.05) is 5.73 Å². The van der Waals surface area contributed by atoms with Crippen molar-refractivity contribution in [2.45, 2.75) is 19.4 Å². The lowest BCUT2D eigenvalue weighted by Gasteiger charge is -2.14. The molecule has 2 aromatic rings. The van der Waals surface area contributed by atoms with Gasteiger partial charge in [-0.3, -0.25) is 4.79 Å². The number of phenolic OH excluding ortho intramolecular Hbond substituents is 1. The third kappa shape index (κ3) is 3.03. The molecule has 1 aromatic heterocycles. The van der Waals surface area contributed by atoms with Gasteiger partial charge in [0.1, 0.15) is 10.8 Å². The fraction of sp³-hybridized carbons (Fsp3) is 0.231. The Labute approximate surface area is 115 Å². The molecule has 1 unspecified atom stereocenters. The first-order valence-corrected chi connectivity index (χ1v) is 6.78. The number of nitrogens with zero attached hydrogens (tertiary/aromatic N) is 1. The number of hydrogen-bond acceptors (Lipinski definition) is 5. The minimum absolute atomic E-state index is 0.0880. The van der Waals surface area contributed by atoms with Gasteiger partial charge in [-0.2, -0.15) is 0 Å². The van der Waals surface area contributed by atoms with Crippen molar-refractivity contribution in [2.24, 2.45) is 0 Å². The fourth-order valence-corrected chi connectivity index (χ4v) is 2.44. The quantitative estimate of drug-likeness (QED) is 0.591. The van der Waals surface area contributed by atoms with Crippen LogP contribution in [0.4, 0.5) is 5.69 Å². The van der Waals surface area contributed by atoms with E-state index in [4.69, 9.17) is 5.73 Å². The molecule has 0 saturated carbocycles. The highest BCUT2D eigenvalue weighted by atomic mass is 32.1. The molecule has 1 heterocycles. The second-order valence-electron chi connectivity index (χ2n) is 4.08. The molecule has 0 aliphatic heterocycles. The Hall–Kier alpha value is -2.08. The Morgan fingerprint density at radius 2 is 2.37 bits per heavy atom. The number of amides is 1. The molecule has 0 fully saturated rings. The predicted molar refractivity (Wildman–Crippen MR) is 75.1 cm³/mol. The number of carbonyl (C=O) groups excluding carboxylic acids is 1. The molecular weight excluding hydrogens is 262 g/mol. The smallest absolute Gasteiger partial charge is 0.251 e. The van der Waals surface area contributed by atoms with Gasteiger partial charge in [-0.25, -0.2) is 4.98 Å². The van der Waals surface area contributed by atoms with Gasteiger partial charge < -0.3 is 16.2 Å². The van der Waals surface area contributed by atoms with Gasteiger partial charge in [-0.05, 0) is 24.6 Å². The van der Waals surface area contributed by atoms with Crippen LogP contribution in [0.5, 0.6) is 5.75 Å². The summed E-state index contributed by atoms with van der Waals surface area (Å²) in [5.41, 5.74) is 6.13. The predicted octanol–water partition coefficient (Wildman–Crippen LogP) is 2.31. The zero-order valence-electron chi connectivity index (χ0n) is 10.5. The summed E-state index contributed by atoms with van der Waals surface area (Å²) in [6.07, 6.45) is 2.46. The average Bonchev–Trinajstić information content (AvgIpc) is 2.92. The normalized spacial score (nSPS) is 12.1. The summed E-state index contributed by atoms with van der Waals surface area (Å²) >= 11 is 1.50. The monoisotopic (exact) mass is 277 g/mol. The number of rotatable bonds is 4. The van der Waals surface area contributed by atoms with E-state index in [1.807, 2.05) is 12.3 Å². The van der Waals surface area contributed by atoms with Crippen molar-refractivity contribution in [3.8, 4) is 5.75 Å². The Morgan fingerprint density at radius 3 is 2.95 bits per heavy atom. The van der Waals surface area contributed by atoms with Crippen LogP contribution < -0.4 is 11.1 Å². The molecule has 0 radical (unpaired) electrons. The summed E-state index contributed by atoms with van der Waals surface area (Å²) in [6, 6.07) is 4.33. The zero-order chi connectivity index (χ0) is 13.8. The van der Waals surface area contributed by atoms with Gasteiger partial charge in [0.2, 0.25) is 0 Å². The van der Waals surface area contributed by atoms with E-state index < -0.39 is 0 Å². The molecule has 1 amide bonds. The number of thiazole rings is 1. The van der Waals surface area contributed by atoms with Crippen LogP contribution in [-0.2, 0) is 0 Å². The molecule has 0 spiro atoms. The Bertz CT molecular complexity index is 569. The molecule has 1 aromatic carbocycles. The number of anilines is 1. The second-order valence-corrected chi connectivity index (χ2v) is 5.00. The molecule has 0 aliphatic carbocycles. The van der Waals surface area contributed by atoms with Crippen LogP contribution in [0, 0.1) is 0 Å². The maximum atomic E-state index is 12.1. The maximum Gasteiger partial charge on any atom is 0.251 e. The van der Waals surface area contributed by atoms with Crippen molar-refractivity contribution >= 4 is 22.9 Å². The molecule has 19 heavy (non-hydrogen) atoms. The van der Waals surface area contributed by atoms with Gasteiger partial charge in [0.25, 0.3) is 5.91 Å². The number of aromatic hydroxyl groups is 1. The van der Waals surface area contributed by atoms with Crippen LogP contribution in [0.3, 0.4) is 0 Å². The van der Waals surface area contributed by atoms with E-state index in [1.165, 1.54) is 23.5 Å². The van der Waals surface area contributed by atoms with Crippen LogP contribution in [0.2, 0.25) is 0 Å². The summed E-state index contributed by atoms with van der Waals surface area (Å²) < 4.78 is 0.